The van der Waals surface area contributed by atoms with Crippen molar-refractivity contribution in [3.8, 4) is 0 Å². The second-order valence-corrected chi connectivity index (χ2v) is 4.07. The van der Waals surface area contributed by atoms with Crippen LogP contribution in [0.2, 0.25) is 0 Å². The lowest BCUT2D eigenvalue weighted by molar-refractivity contribution is -0.124. The highest BCUT2D eigenvalue weighted by Crippen LogP contribution is 2.18. The molecule has 5 heteroatoms. The van der Waals surface area contributed by atoms with Gasteiger partial charge in [-0.05, 0) is 33.2 Å². The van der Waals surface area contributed by atoms with Crippen LogP contribution in [-0.4, -0.2) is 29.9 Å². The van der Waals surface area contributed by atoms with E-state index in [1.54, 1.807) is 0 Å². The van der Waals surface area contributed by atoms with E-state index in [-0.39, 0.29) is 0 Å². The molecule has 4 N–H and O–H groups in total. The van der Waals surface area contributed by atoms with Gasteiger partial charge in [0.05, 0.1) is 11.0 Å². The molecule has 0 saturated carbocycles. The topological polar surface area (TPSA) is 79.6 Å². The van der Waals surface area contributed by atoms with Crippen molar-refractivity contribution in [3.05, 3.63) is 0 Å². The zero-order valence-corrected chi connectivity index (χ0v) is 8.98. The summed E-state index contributed by atoms with van der Waals surface area (Å²) in [5, 5.41) is 12.7. The molecule has 14 heavy (non-hydrogen) atoms. The van der Waals surface area contributed by atoms with Crippen LogP contribution in [0.1, 0.15) is 26.7 Å². The molecule has 1 fully saturated rings. The van der Waals surface area contributed by atoms with Crippen LogP contribution in [0.5, 0.6) is 0 Å². The number of hydrogen-bond acceptors (Lipinski definition) is 2. The summed E-state index contributed by atoms with van der Waals surface area (Å²) in [7, 11) is 0. The summed E-state index contributed by atoms with van der Waals surface area (Å²) >= 11 is 0. The SMILES string of the molecule is CC(C)N1CCCC(C(=[NH2+])N=NN)C1. The van der Waals surface area contributed by atoms with Crippen molar-refractivity contribution in [2.75, 3.05) is 13.1 Å². The van der Waals surface area contributed by atoms with Gasteiger partial charge in [0, 0.05) is 17.8 Å². The number of rotatable bonds is 2. The van der Waals surface area contributed by atoms with Crippen molar-refractivity contribution >= 4 is 5.84 Å². The first-order chi connectivity index (χ1) is 6.65. The van der Waals surface area contributed by atoms with Crippen LogP contribution in [0.15, 0.2) is 10.3 Å². The Morgan fingerprint density at radius 3 is 2.86 bits per heavy atom. The van der Waals surface area contributed by atoms with E-state index < -0.39 is 0 Å². The first-order valence-corrected chi connectivity index (χ1v) is 5.12. The van der Waals surface area contributed by atoms with E-state index in [0.717, 1.165) is 19.5 Å². The number of nitrogens with two attached hydrogens (primary N) is 2. The standard InChI is InChI=1S/C9H19N5/c1-7(2)14-5-3-4-8(6-14)9(10)12-13-11/h7-8H,3-6H2,1-2H3,(H3,10,11,12)/p+1. The summed E-state index contributed by atoms with van der Waals surface area (Å²) in [6, 6.07) is 0.570. The minimum Gasteiger partial charge on any atom is -0.300 e. The fourth-order valence-corrected chi connectivity index (χ4v) is 1.87. The first-order valence-electron chi connectivity index (χ1n) is 5.12. The van der Waals surface area contributed by atoms with Gasteiger partial charge in [-0.1, -0.05) is 0 Å². The Balaban J connectivity index is 2.51. The van der Waals surface area contributed by atoms with Crippen LogP contribution in [0.3, 0.4) is 0 Å². The van der Waals surface area contributed by atoms with Gasteiger partial charge in [0.2, 0.25) is 0 Å². The molecule has 5 nitrogen and oxygen atoms in total. The maximum absolute atomic E-state index is 5.77. The number of amidine groups is 1. The summed E-state index contributed by atoms with van der Waals surface area (Å²) in [4.78, 5) is 2.41. The predicted octanol–water partition coefficient (Wildman–Crippen LogP) is -0.410. The summed E-state index contributed by atoms with van der Waals surface area (Å²) in [6.45, 7) is 6.52. The number of hydrogen-bond donors (Lipinski definition) is 2. The van der Waals surface area contributed by atoms with Crippen LogP contribution in [0, 0.1) is 5.92 Å². The zero-order chi connectivity index (χ0) is 10.6. The quantitative estimate of drug-likeness (QED) is 0.208. The molecule has 1 unspecified atom stereocenters. The van der Waals surface area contributed by atoms with E-state index in [0.29, 0.717) is 17.8 Å². The fourth-order valence-electron chi connectivity index (χ4n) is 1.87. The van der Waals surface area contributed by atoms with E-state index >= 15 is 0 Å². The van der Waals surface area contributed by atoms with Crippen molar-refractivity contribution in [1.82, 2.24) is 4.90 Å². The van der Waals surface area contributed by atoms with Crippen LogP contribution in [0.4, 0.5) is 0 Å². The molecular formula is C9H20N5+. The van der Waals surface area contributed by atoms with Crippen LogP contribution < -0.4 is 11.3 Å². The second kappa shape index (κ2) is 5.05. The van der Waals surface area contributed by atoms with Gasteiger partial charge in [0.25, 0.3) is 0 Å². The molecule has 1 saturated heterocycles. The third kappa shape index (κ3) is 2.77. The summed E-state index contributed by atoms with van der Waals surface area (Å²) < 4.78 is 0. The molecule has 0 aliphatic carbocycles. The highest BCUT2D eigenvalue weighted by Gasteiger charge is 2.28. The van der Waals surface area contributed by atoms with E-state index in [4.69, 9.17) is 11.3 Å². The molecule has 1 rings (SSSR count). The lowest BCUT2D eigenvalue weighted by Gasteiger charge is -2.33. The van der Waals surface area contributed by atoms with Gasteiger partial charge in [-0.3, -0.25) is 11.3 Å². The van der Waals surface area contributed by atoms with E-state index in [9.17, 15) is 0 Å². The second-order valence-electron chi connectivity index (χ2n) is 4.07. The number of piperidine rings is 1. The molecule has 1 atom stereocenters. The number of nitrogens with zero attached hydrogens (tertiary/aromatic N) is 3. The molecule has 0 aromatic carbocycles. The minimum atomic E-state index is 0.318. The Labute approximate surface area is 84.9 Å². The van der Waals surface area contributed by atoms with Crippen molar-refractivity contribution in [2.24, 2.45) is 22.1 Å². The molecular weight excluding hydrogens is 178 g/mol. The highest BCUT2D eigenvalue weighted by molar-refractivity contribution is 5.79. The van der Waals surface area contributed by atoms with Gasteiger partial charge in [-0.15, -0.1) is 0 Å². The normalized spacial score (nSPS) is 24.6. The molecule has 1 heterocycles. The van der Waals surface area contributed by atoms with Crippen LogP contribution >= 0.6 is 0 Å². The van der Waals surface area contributed by atoms with Gasteiger partial charge in [0.15, 0.2) is 0 Å². The predicted molar refractivity (Wildman–Crippen MR) is 55.4 cm³/mol. The summed E-state index contributed by atoms with van der Waals surface area (Å²) in [5.74, 6) is 5.86. The molecule has 0 amide bonds. The average Bonchev–Trinajstić information content (AvgIpc) is 2.18. The van der Waals surface area contributed by atoms with Gasteiger partial charge in [-0.2, -0.15) is 0 Å². The van der Waals surface area contributed by atoms with E-state index in [2.05, 4.69) is 29.1 Å². The maximum Gasteiger partial charge on any atom is 0.323 e. The molecule has 0 spiro atoms. The highest BCUT2D eigenvalue weighted by atomic mass is 15.3. The maximum atomic E-state index is 5.77. The lowest BCUT2D eigenvalue weighted by Crippen LogP contribution is -2.50. The molecule has 80 valence electrons. The zero-order valence-electron chi connectivity index (χ0n) is 8.98. The van der Waals surface area contributed by atoms with Crippen molar-refractivity contribution < 1.29 is 5.41 Å². The van der Waals surface area contributed by atoms with Gasteiger partial charge >= 0.3 is 5.84 Å². The van der Waals surface area contributed by atoms with Gasteiger partial charge in [0.1, 0.15) is 0 Å². The molecule has 1 aliphatic rings. The number of likely N-dealkylation sites (tertiary alicyclic amines) is 1. The molecule has 1 aliphatic heterocycles. The van der Waals surface area contributed by atoms with Gasteiger partial charge in [-0.25, -0.2) is 0 Å². The van der Waals surface area contributed by atoms with Crippen LogP contribution in [0.25, 0.3) is 0 Å². The monoisotopic (exact) mass is 198 g/mol. The fraction of sp³-hybridized carbons (Fsp3) is 0.889. The van der Waals surface area contributed by atoms with Crippen molar-refractivity contribution in [1.29, 1.82) is 0 Å². The van der Waals surface area contributed by atoms with Crippen LogP contribution in [-0.2, 0) is 0 Å². The lowest BCUT2D eigenvalue weighted by atomic mass is 9.96. The third-order valence-corrected chi connectivity index (χ3v) is 2.77. The Morgan fingerprint density at radius 1 is 1.57 bits per heavy atom. The Bertz CT molecular complexity index is 223. The van der Waals surface area contributed by atoms with E-state index in [1.807, 2.05) is 0 Å². The summed E-state index contributed by atoms with van der Waals surface area (Å²) in [6.07, 6.45) is 2.26. The molecule has 0 bridgehead atoms. The smallest absolute Gasteiger partial charge is 0.300 e. The summed E-state index contributed by atoms with van der Waals surface area (Å²) in [5.41, 5.74) is 0. The van der Waals surface area contributed by atoms with Crippen molar-refractivity contribution in [2.45, 2.75) is 32.7 Å². The molecule has 0 radical (unpaired) electrons. The Kier molecular flexibility index (Phi) is 4.00. The Morgan fingerprint density at radius 2 is 2.29 bits per heavy atom. The first kappa shape index (κ1) is 11.1. The van der Waals surface area contributed by atoms with E-state index in [1.165, 1.54) is 6.42 Å². The largest absolute Gasteiger partial charge is 0.323 e. The van der Waals surface area contributed by atoms with Gasteiger partial charge < -0.3 is 4.90 Å². The third-order valence-electron chi connectivity index (χ3n) is 2.77. The minimum absolute atomic E-state index is 0.318. The van der Waals surface area contributed by atoms with Crippen molar-refractivity contribution in [3.63, 3.8) is 0 Å². The Hall–Kier alpha value is -0.970. The molecule has 0 aromatic heterocycles. The average molecular weight is 198 g/mol. The molecule has 0 aromatic rings.